The van der Waals surface area contributed by atoms with Gasteiger partial charge in [0.05, 0.1) is 26.3 Å². The van der Waals surface area contributed by atoms with Crippen LogP contribution in [-0.2, 0) is 4.79 Å². The molecular formula is C23H20N2O6. The second kappa shape index (κ2) is 7.98. The summed E-state index contributed by atoms with van der Waals surface area (Å²) >= 11 is 0. The van der Waals surface area contributed by atoms with E-state index in [0.29, 0.717) is 44.8 Å². The molecule has 0 fully saturated rings. The van der Waals surface area contributed by atoms with E-state index >= 15 is 0 Å². The van der Waals surface area contributed by atoms with Crippen LogP contribution >= 0.6 is 0 Å². The smallest absolute Gasteiger partial charge is 0.305 e. The van der Waals surface area contributed by atoms with Gasteiger partial charge in [-0.15, -0.1) is 0 Å². The van der Waals surface area contributed by atoms with Crippen molar-refractivity contribution in [3.8, 4) is 11.5 Å². The molecule has 3 aromatic carbocycles. The second-order valence-electron chi connectivity index (χ2n) is 6.94. The highest BCUT2D eigenvalue weighted by Gasteiger charge is 2.34. The topological polar surface area (TPSA) is 105 Å². The average Bonchev–Trinajstić information content (AvgIpc) is 2.77. The number of rotatable bonds is 7. The number of amides is 2. The lowest BCUT2D eigenvalue weighted by atomic mass is 9.92. The number of hydrogen-bond donors (Lipinski definition) is 2. The van der Waals surface area contributed by atoms with Crippen molar-refractivity contribution in [2.75, 3.05) is 31.0 Å². The number of carboxylic acids is 1. The van der Waals surface area contributed by atoms with Crippen LogP contribution in [0.5, 0.6) is 11.5 Å². The molecule has 0 aliphatic carbocycles. The Balaban J connectivity index is 1.79. The van der Waals surface area contributed by atoms with Crippen LogP contribution in [-0.4, -0.2) is 43.7 Å². The minimum Gasteiger partial charge on any atom is -0.493 e. The van der Waals surface area contributed by atoms with Gasteiger partial charge >= 0.3 is 5.97 Å². The number of methoxy groups -OCH3 is 2. The van der Waals surface area contributed by atoms with E-state index in [1.807, 2.05) is 0 Å². The van der Waals surface area contributed by atoms with Crippen LogP contribution in [0.25, 0.3) is 10.8 Å². The minimum absolute atomic E-state index is 0.0477. The molecule has 0 radical (unpaired) electrons. The molecule has 31 heavy (non-hydrogen) atoms. The Morgan fingerprint density at radius 2 is 1.68 bits per heavy atom. The monoisotopic (exact) mass is 420 g/mol. The van der Waals surface area contributed by atoms with Gasteiger partial charge in [0.25, 0.3) is 11.8 Å². The van der Waals surface area contributed by atoms with Gasteiger partial charge < -0.3 is 19.9 Å². The molecule has 0 saturated heterocycles. The van der Waals surface area contributed by atoms with Gasteiger partial charge in [-0.05, 0) is 30.3 Å². The predicted molar refractivity (Wildman–Crippen MR) is 115 cm³/mol. The van der Waals surface area contributed by atoms with Crippen molar-refractivity contribution < 1.29 is 29.0 Å². The first-order valence-corrected chi connectivity index (χ1v) is 9.58. The highest BCUT2D eigenvalue weighted by Crippen LogP contribution is 2.38. The third-order valence-corrected chi connectivity index (χ3v) is 5.19. The fourth-order valence-corrected chi connectivity index (χ4v) is 3.75. The van der Waals surface area contributed by atoms with Crippen molar-refractivity contribution in [1.29, 1.82) is 0 Å². The van der Waals surface area contributed by atoms with Crippen molar-refractivity contribution >= 4 is 39.9 Å². The highest BCUT2D eigenvalue weighted by atomic mass is 16.5. The minimum atomic E-state index is -0.911. The zero-order valence-corrected chi connectivity index (χ0v) is 17.0. The lowest BCUT2D eigenvalue weighted by molar-refractivity contribution is -0.136. The van der Waals surface area contributed by atoms with Crippen molar-refractivity contribution in [3.63, 3.8) is 0 Å². The molecule has 2 N–H and O–H groups in total. The van der Waals surface area contributed by atoms with Crippen molar-refractivity contribution in [2.45, 2.75) is 6.42 Å². The molecule has 0 saturated carbocycles. The highest BCUT2D eigenvalue weighted by molar-refractivity contribution is 6.36. The zero-order valence-electron chi connectivity index (χ0n) is 17.0. The number of nitrogens with zero attached hydrogens (tertiary/aromatic N) is 1. The lowest BCUT2D eigenvalue weighted by Crippen LogP contribution is -2.40. The maximum absolute atomic E-state index is 13.3. The van der Waals surface area contributed by atoms with E-state index in [-0.39, 0.29) is 13.0 Å². The van der Waals surface area contributed by atoms with Gasteiger partial charge in [0.15, 0.2) is 11.5 Å². The zero-order chi connectivity index (χ0) is 22.1. The average molecular weight is 420 g/mol. The first-order valence-electron chi connectivity index (χ1n) is 9.58. The summed E-state index contributed by atoms with van der Waals surface area (Å²) in [5.74, 6) is -0.910. The van der Waals surface area contributed by atoms with Crippen molar-refractivity contribution in [1.82, 2.24) is 0 Å². The number of carboxylic acid groups (broad SMARTS) is 1. The fourth-order valence-electron chi connectivity index (χ4n) is 3.75. The molecule has 1 aliphatic heterocycles. The molecule has 0 unspecified atom stereocenters. The number of hydrogen-bond acceptors (Lipinski definition) is 6. The van der Waals surface area contributed by atoms with Crippen molar-refractivity contribution in [2.24, 2.45) is 0 Å². The van der Waals surface area contributed by atoms with Crippen LogP contribution < -0.4 is 19.7 Å². The third kappa shape index (κ3) is 3.42. The Bertz CT molecular complexity index is 1200. The molecule has 0 aromatic heterocycles. The lowest BCUT2D eigenvalue weighted by Gasteiger charge is -2.28. The summed E-state index contributed by atoms with van der Waals surface area (Å²) in [6, 6.07) is 13.4. The number of carbonyl (C=O) groups excluding carboxylic acids is 2. The number of benzene rings is 3. The molecule has 3 aromatic rings. The molecule has 0 spiro atoms. The van der Waals surface area contributed by atoms with Gasteiger partial charge in [-0.3, -0.25) is 14.4 Å². The van der Waals surface area contributed by atoms with Crippen LogP contribution in [0.2, 0.25) is 0 Å². The van der Waals surface area contributed by atoms with Gasteiger partial charge in [-0.25, -0.2) is 4.90 Å². The van der Waals surface area contributed by atoms with Crippen LogP contribution in [0, 0.1) is 0 Å². The van der Waals surface area contributed by atoms with Crippen LogP contribution in [0.15, 0.2) is 48.5 Å². The Kier molecular flexibility index (Phi) is 5.21. The summed E-state index contributed by atoms with van der Waals surface area (Å²) in [6.45, 7) is 0.230. The molecule has 8 nitrogen and oxygen atoms in total. The summed E-state index contributed by atoms with van der Waals surface area (Å²) in [5, 5.41) is 13.2. The van der Waals surface area contributed by atoms with E-state index in [1.54, 1.807) is 48.5 Å². The van der Waals surface area contributed by atoms with E-state index in [2.05, 4.69) is 5.32 Å². The number of aliphatic carboxylic acids is 1. The number of anilines is 2. The van der Waals surface area contributed by atoms with Crippen LogP contribution in [0.3, 0.4) is 0 Å². The van der Waals surface area contributed by atoms with Crippen LogP contribution in [0.4, 0.5) is 11.4 Å². The second-order valence-corrected chi connectivity index (χ2v) is 6.94. The Labute approximate surface area is 178 Å². The molecule has 1 aliphatic rings. The van der Waals surface area contributed by atoms with E-state index in [4.69, 9.17) is 14.6 Å². The predicted octanol–water partition coefficient (Wildman–Crippen LogP) is 3.54. The van der Waals surface area contributed by atoms with Gasteiger partial charge in [0, 0.05) is 40.2 Å². The first-order chi connectivity index (χ1) is 15.0. The van der Waals surface area contributed by atoms with E-state index in [0.717, 1.165) is 4.90 Å². The maximum Gasteiger partial charge on any atom is 0.305 e. The van der Waals surface area contributed by atoms with E-state index in [9.17, 15) is 14.4 Å². The van der Waals surface area contributed by atoms with Crippen molar-refractivity contribution in [3.05, 3.63) is 59.7 Å². The molecule has 0 atom stereocenters. The number of nitrogens with one attached hydrogen (secondary N) is 1. The number of carbonyl (C=O) groups is 3. The summed E-state index contributed by atoms with van der Waals surface area (Å²) in [7, 11) is 2.99. The molecule has 1 heterocycles. The third-order valence-electron chi connectivity index (χ3n) is 5.19. The molecule has 4 rings (SSSR count). The van der Waals surface area contributed by atoms with Gasteiger partial charge in [0.2, 0.25) is 0 Å². The fraction of sp³-hybridized carbons (Fsp3) is 0.174. The van der Waals surface area contributed by atoms with Crippen LogP contribution in [0.1, 0.15) is 27.1 Å². The Hall–Kier alpha value is -4.07. The summed E-state index contributed by atoms with van der Waals surface area (Å²) in [4.78, 5) is 38.6. The van der Waals surface area contributed by atoms with E-state index < -0.39 is 17.8 Å². The SMILES string of the molecule is COc1ccc(N2C(=O)c3cccc4c(NCCC(=O)O)ccc(c34)C2=O)cc1OC. The summed E-state index contributed by atoms with van der Waals surface area (Å²) < 4.78 is 10.5. The molecule has 8 heteroatoms. The standard InChI is InChI=1S/C23H20N2O6/c1-30-18-9-6-13(12-19(18)31-2)25-22(28)15-5-3-4-14-17(24-11-10-20(26)27)8-7-16(21(14)15)23(25)29/h3-9,12,24H,10-11H2,1-2H3,(H,26,27). The normalized spacial score (nSPS) is 12.8. The Morgan fingerprint density at radius 3 is 2.35 bits per heavy atom. The molecule has 158 valence electrons. The maximum atomic E-state index is 13.3. The largest absolute Gasteiger partial charge is 0.493 e. The number of ether oxygens (including phenoxy) is 2. The van der Waals surface area contributed by atoms with Gasteiger partial charge in [0.1, 0.15) is 0 Å². The summed E-state index contributed by atoms with van der Waals surface area (Å²) in [6.07, 6.45) is -0.0477. The quantitative estimate of drug-likeness (QED) is 0.563. The van der Waals surface area contributed by atoms with E-state index in [1.165, 1.54) is 14.2 Å². The molecule has 0 bridgehead atoms. The summed E-state index contributed by atoms with van der Waals surface area (Å²) in [5.41, 5.74) is 1.83. The molecular weight excluding hydrogens is 400 g/mol. The number of imide groups is 1. The van der Waals surface area contributed by atoms with Gasteiger partial charge in [-0.2, -0.15) is 0 Å². The first kappa shape index (κ1) is 20.2. The van der Waals surface area contributed by atoms with Gasteiger partial charge in [-0.1, -0.05) is 12.1 Å². The molecule has 2 amide bonds. The Morgan fingerprint density at radius 1 is 0.968 bits per heavy atom.